The third-order valence-corrected chi connectivity index (χ3v) is 4.53. The Morgan fingerprint density at radius 1 is 1.03 bits per heavy atom. The monoisotopic (exact) mass is 432 g/mol. The second kappa shape index (κ2) is 10.9. The Morgan fingerprint density at radius 2 is 1.77 bits per heavy atom. The van der Waals surface area contributed by atoms with Crippen molar-refractivity contribution < 1.29 is 14.3 Å². The number of benzene rings is 3. The summed E-state index contributed by atoms with van der Waals surface area (Å²) in [5, 5.41) is 12.8. The van der Waals surface area contributed by atoms with E-state index in [0.717, 1.165) is 5.56 Å². The molecule has 6 heteroatoms. The van der Waals surface area contributed by atoms with E-state index in [-0.39, 0.29) is 5.57 Å². The Morgan fingerprint density at radius 3 is 2.45 bits per heavy atom. The van der Waals surface area contributed by atoms with Crippen molar-refractivity contribution in [2.75, 3.05) is 11.9 Å². The zero-order chi connectivity index (χ0) is 22.1. The van der Waals surface area contributed by atoms with Gasteiger partial charge in [0, 0.05) is 10.7 Å². The molecule has 0 aliphatic carbocycles. The van der Waals surface area contributed by atoms with Gasteiger partial charge in [-0.1, -0.05) is 35.9 Å². The van der Waals surface area contributed by atoms with E-state index in [0.29, 0.717) is 41.0 Å². The highest BCUT2D eigenvalue weighted by molar-refractivity contribution is 6.30. The van der Waals surface area contributed by atoms with Crippen LogP contribution in [0.3, 0.4) is 0 Å². The highest BCUT2D eigenvalue weighted by Crippen LogP contribution is 2.20. The number of carbonyl (C=O) groups is 1. The number of ether oxygens (including phenoxy) is 2. The zero-order valence-electron chi connectivity index (χ0n) is 17.0. The summed E-state index contributed by atoms with van der Waals surface area (Å²) in [4.78, 5) is 12.5. The largest absolute Gasteiger partial charge is 0.494 e. The maximum Gasteiger partial charge on any atom is 0.266 e. The van der Waals surface area contributed by atoms with Crippen LogP contribution in [0.4, 0.5) is 5.69 Å². The summed E-state index contributed by atoms with van der Waals surface area (Å²) >= 11 is 5.90. The van der Waals surface area contributed by atoms with E-state index >= 15 is 0 Å². The molecule has 0 aliphatic heterocycles. The van der Waals surface area contributed by atoms with E-state index in [9.17, 15) is 10.1 Å². The number of carbonyl (C=O) groups excluding carboxylic acids is 1. The summed E-state index contributed by atoms with van der Waals surface area (Å²) in [6, 6.07) is 23.5. The number of halogens is 1. The van der Waals surface area contributed by atoms with Crippen LogP contribution in [0.15, 0.2) is 78.4 Å². The van der Waals surface area contributed by atoms with Gasteiger partial charge in [0.1, 0.15) is 29.7 Å². The first-order chi connectivity index (χ1) is 15.1. The summed E-state index contributed by atoms with van der Waals surface area (Å²) in [6.45, 7) is 2.85. The van der Waals surface area contributed by atoms with Gasteiger partial charge in [-0.3, -0.25) is 4.79 Å². The lowest BCUT2D eigenvalue weighted by Crippen LogP contribution is -2.13. The first-order valence-electron chi connectivity index (χ1n) is 9.70. The Kier molecular flexibility index (Phi) is 7.69. The SMILES string of the molecule is CCOc1ccc(NC(=O)/C(C#N)=C\c2cccc(OCc3ccc(Cl)cc3)c2)cc1. The Bertz CT molecular complexity index is 1100. The number of hydrogen-bond acceptors (Lipinski definition) is 4. The second-order valence-corrected chi connectivity index (χ2v) is 7.01. The molecule has 0 heterocycles. The van der Waals surface area contributed by atoms with Crippen molar-refractivity contribution in [1.29, 1.82) is 5.26 Å². The lowest BCUT2D eigenvalue weighted by atomic mass is 10.1. The van der Waals surface area contributed by atoms with E-state index in [1.807, 2.05) is 49.4 Å². The Hall–Kier alpha value is -3.75. The minimum absolute atomic E-state index is 0.0104. The first-order valence-corrected chi connectivity index (χ1v) is 10.1. The molecule has 5 nitrogen and oxygen atoms in total. The van der Waals surface area contributed by atoms with Gasteiger partial charge in [0.2, 0.25) is 0 Å². The number of nitrogens with one attached hydrogen (secondary N) is 1. The molecule has 3 aromatic carbocycles. The van der Waals surface area contributed by atoms with Crippen molar-refractivity contribution in [3.8, 4) is 17.6 Å². The molecule has 1 amide bonds. The third kappa shape index (κ3) is 6.63. The number of amides is 1. The van der Waals surface area contributed by atoms with Crippen LogP contribution in [-0.2, 0) is 11.4 Å². The van der Waals surface area contributed by atoms with Crippen LogP contribution in [-0.4, -0.2) is 12.5 Å². The molecule has 0 radical (unpaired) electrons. The van der Waals surface area contributed by atoms with Gasteiger partial charge < -0.3 is 14.8 Å². The van der Waals surface area contributed by atoms with Crippen LogP contribution in [0.1, 0.15) is 18.1 Å². The molecule has 0 aliphatic rings. The summed E-state index contributed by atoms with van der Waals surface area (Å²) < 4.78 is 11.2. The molecule has 0 unspecified atom stereocenters. The Labute approximate surface area is 186 Å². The van der Waals surface area contributed by atoms with Crippen LogP contribution in [0, 0.1) is 11.3 Å². The van der Waals surface area contributed by atoms with E-state index in [1.54, 1.807) is 36.4 Å². The van der Waals surface area contributed by atoms with Crippen molar-refractivity contribution in [3.63, 3.8) is 0 Å². The van der Waals surface area contributed by atoms with E-state index < -0.39 is 5.91 Å². The molecule has 3 rings (SSSR count). The highest BCUT2D eigenvalue weighted by atomic mass is 35.5. The second-order valence-electron chi connectivity index (χ2n) is 6.57. The smallest absolute Gasteiger partial charge is 0.266 e. The van der Waals surface area contributed by atoms with Gasteiger partial charge in [-0.15, -0.1) is 0 Å². The molecule has 0 saturated carbocycles. The quantitative estimate of drug-likeness (QED) is 0.357. The number of nitriles is 1. The van der Waals surface area contributed by atoms with Crippen molar-refractivity contribution in [2.45, 2.75) is 13.5 Å². The van der Waals surface area contributed by atoms with Gasteiger partial charge in [-0.25, -0.2) is 0 Å². The maximum absolute atomic E-state index is 12.5. The predicted molar refractivity (Wildman–Crippen MR) is 122 cm³/mol. The fraction of sp³-hybridized carbons (Fsp3) is 0.120. The average molecular weight is 433 g/mol. The first kappa shape index (κ1) is 21.9. The molecule has 156 valence electrons. The van der Waals surface area contributed by atoms with E-state index in [1.165, 1.54) is 6.08 Å². The molecule has 0 fully saturated rings. The normalized spacial score (nSPS) is 10.8. The fourth-order valence-electron chi connectivity index (χ4n) is 2.76. The lowest BCUT2D eigenvalue weighted by molar-refractivity contribution is -0.112. The topological polar surface area (TPSA) is 71.3 Å². The maximum atomic E-state index is 12.5. The van der Waals surface area contributed by atoms with Gasteiger partial charge in [-0.2, -0.15) is 5.26 Å². The summed E-state index contributed by atoms with van der Waals surface area (Å²) in [5.74, 6) is 0.860. The van der Waals surface area contributed by atoms with Crippen LogP contribution >= 0.6 is 11.6 Å². The molecular weight excluding hydrogens is 412 g/mol. The Balaban J connectivity index is 1.66. The molecule has 0 saturated heterocycles. The average Bonchev–Trinajstić information content (AvgIpc) is 2.79. The van der Waals surface area contributed by atoms with Gasteiger partial charge in [0.15, 0.2) is 0 Å². The minimum Gasteiger partial charge on any atom is -0.494 e. The predicted octanol–water partition coefficient (Wildman–Crippen LogP) is 5.86. The highest BCUT2D eigenvalue weighted by Gasteiger charge is 2.10. The van der Waals surface area contributed by atoms with Crippen molar-refractivity contribution in [1.82, 2.24) is 0 Å². The van der Waals surface area contributed by atoms with Crippen molar-refractivity contribution in [2.24, 2.45) is 0 Å². The molecular formula is C25H21ClN2O3. The standard InChI is InChI=1S/C25H21ClN2O3/c1-2-30-23-12-10-22(11-13-23)28-25(29)20(16-27)14-19-4-3-5-24(15-19)31-17-18-6-8-21(26)9-7-18/h3-15H,2,17H2,1H3,(H,28,29)/b20-14-. The van der Waals surface area contributed by atoms with Gasteiger partial charge >= 0.3 is 0 Å². The number of rotatable bonds is 8. The van der Waals surface area contributed by atoms with Crippen LogP contribution in [0.5, 0.6) is 11.5 Å². The molecule has 0 aromatic heterocycles. The van der Waals surface area contributed by atoms with E-state index in [4.69, 9.17) is 21.1 Å². The van der Waals surface area contributed by atoms with Crippen LogP contribution < -0.4 is 14.8 Å². The molecule has 0 bridgehead atoms. The lowest BCUT2D eigenvalue weighted by Gasteiger charge is -2.08. The van der Waals surface area contributed by atoms with Crippen LogP contribution in [0.2, 0.25) is 5.02 Å². The van der Waals surface area contributed by atoms with Crippen molar-refractivity contribution >= 4 is 29.3 Å². The molecule has 1 N–H and O–H groups in total. The zero-order valence-corrected chi connectivity index (χ0v) is 17.7. The number of nitrogens with zero attached hydrogens (tertiary/aromatic N) is 1. The number of anilines is 1. The molecule has 3 aromatic rings. The fourth-order valence-corrected chi connectivity index (χ4v) is 2.88. The van der Waals surface area contributed by atoms with Gasteiger partial charge in [-0.05, 0) is 72.7 Å². The molecule has 0 atom stereocenters. The molecule has 31 heavy (non-hydrogen) atoms. The van der Waals surface area contributed by atoms with Crippen LogP contribution in [0.25, 0.3) is 6.08 Å². The minimum atomic E-state index is -0.487. The summed E-state index contributed by atoms with van der Waals surface area (Å²) in [5.41, 5.74) is 2.24. The van der Waals surface area contributed by atoms with Crippen molar-refractivity contribution in [3.05, 3.63) is 94.5 Å². The molecule has 0 spiro atoms. The third-order valence-electron chi connectivity index (χ3n) is 4.28. The van der Waals surface area contributed by atoms with Gasteiger partial charge in [0.25, 0.3) is 5.91 Å². The summed E-state index contributed by atoms with van der Waals surface area (Å²) in [6.07, 6.45) is 1.53. The summed E-state index contributed by atoms with van der Waals surface area (Å²) in [7, 11) is 0. The number of hydrogen-bond donors (Lipinski definition) is 1. The van der Waals surface area contributed by atoms with Gasteiger partial charge in [0.05, 0.1) is 6.61 Å². The van der Waals surface area contributed by atoms with E-state index in [2.05, 4.69) is 5.32 Å².